The SMILES string of the molecule is COCCOCC(O)COc1ccccc1C(=O)O. The summed E-state index contributed by atoms with van der Waals surface area (Å²) in [5.74, 6) is -0.840. The minimum atomic E-state index is -1.07. The molecule has 0 heterocycles. The first-order chi connectivity index (χ1) is 9.15. The molecule has 1 unspecified atom stereocenters. The first kappa shape index (κ1) is 15.4. The Bertz CT molecular complexity index is 392. The molecular weight excluding hydrogens is 252 g/mol. The number of benzene rings is 1. The molecule has 0 bridgehead atoms. The van der Waals surface area contributed by atoms with E-state index in [-0.39, 0.29) is 24.5 Å². The van der Waals surface area contributed by atoms with Crippen molar-refractivity contribution >= 4 is 5.97 Å². The van der Waals surface area contributed by atoms with Crippen LogP contribution in [0.5, 0.6) is 5.75 Å². The van der Waals surface area contributed by atoms with Crippen molar-refractivity contribution < 1.29 is 29.2 Å². The third-order valence-electron chi connectivity index (χ3n) is 2.29. The number of aliphatic hydroxyl groups excluding tert-OH is 1. The molecule has 2 N–H and O–H groups in total. The van der Waals surface area contributed by atoms with E-state index in [4.69, 9.17) is 19.3 Å². The van der Waals surface area contributed by atoms with Gasteiger partial charge in [0.25, 0.3) is 0 Å². The predicted octanol–water partition coefficient (Wildman–Crippen LogP) is 0.787. The number of hydrogen-bond donors (Lipinski definition) is 2. The Morgan fingerprint density at radius 1 is 1.26 bits per heavy atom. The molecule has 0 saturated heterocycles. The topological polar surface area (TPSA) is 85.2 Å². The zero-order valence-corrected chi connectivity index (χ0v) is 10.7. The zero-order chi connectivity index (χ0) is 14.1. The molecule has 0 fully saturated rings. The third kappa shape index (κ3) is 5.69. The molecule has 0 aliphatic heterocycles. The fraction of sp³-hybridized carbons (Fsp3) is 0.462. The van der Waals surface area contributed by atoms with E-state index in [0.29, 0.717) is 13.2 Å². The number of methoxy groups -OCH3 is 1. The van der Waals surface area contributed by atoms with Crippen molar-refractivity contribution in [3.05, 3.63) is 29.8 Å². The molecular formula is C13H18O6. The van der Waals surface area contributed by atoms with E-state index in [1.165, 1.54) is 6.07 Å². The highest BCUT2D eigenvalue weighted by Gasteiger charge is 2.12. The molecule has 0 aliphatic carbocycles. The zero-order valence-electron chi connectivity index (χ0n) is 10.7. The van der Waals surface area contributed by atoms with E-state index < -0.39 is 12.1 Å². The Balaban J connectivity index is 2.37. The van der Waals surface area contributed by atoms with Gasteiger partial charge in [0.2, 0.25) is 0 Å². The van der Waals surface area contributed by atoms with E-state index in [9.17, 15) is 9.90 Å². The number of carboxylic acids is 1. The third-order valence-corrected chi connectivity index (χ3v) is 2.29. The van der Waals surface area contributed by atoms with Gasteiger partial charge < -0.3 is 24.4 Å². The van der Waals surface area contributed by atoms with E-state index in [1.807, 2.05) is 0 Å². The minimum absolute atomic E-state index is 0.0305. The number of ether oxygens (including phenoxy) is 3. The molecule has 106 valence electrons. The van der Waals surface area contributed by atoms with Crippen LogP contribution in [-0.2, 0) is 9.47 Å². The summed E-state index contributed by atoms with van der Waals surface area (Å²) in [4.78, 5) is 10.9. The monoisotopic (exact) mass is 270 g/mol. The Labute approximate surface area is 111 Å². The van der Waals surface area contributed by atoms with Crippen molar-refractivity contribution in [2.45, 2.75) is 6.10 Å². The number of aliphatic hydroxyl groups is 1. The van der Waals surface area contributed by atoms with Gasteiger partial charge >= 0.3 is 5.97 Å². The van der Waals surface area contributed by atoms with Gasteiger partial charge in [-0.05, 0) is 12.1 Å². The Morgan fingerprint density at radius 3 is 2.68 bits per heavy atom. The second kappa shape index (κ2) is 8.47. The maximum atomic E-state index is 10.9. The standard InChI is InChI=1S/C13H18O6/c1-17-6-7-18-8-10(14)9-19-12-5-3-2-4-11(12)13(15)16/h2-5,10,14H,6-9H2,1H3,(H,15,16). The molecule has 1 rings (SSSR count). The lowest BCUT2D eigenvalue weighted by atomic mass is 10.2. The summed E-state index contributed by atoms with van der Waals surface area (Å²) in [5, 5.41) is 18.6. The normalized spacial score (nSPS) is 12.1. The molecule has 0 aliphatic rings. The van der Waals surface area contributed by atoms with Gasteiger partial charge in [-0.3, -0.25) is 0 Å². The Kier molecular flexibility index (Phi) is 6.88. The van der Waals surface area contributed by atoms with Crippen LogP contribution in [0.2, 0.25) is 0 Å². The van der Waals surface area contributed by atoms with Crippen LogP contribution in [-0.4, -0.2) is 55.8 Å². The van der Waals surface area contributed by atoms with E-state index in [0.717, 1.165) is 0 Å². The average Bonchev–Trinajstić information content (AvgIpc) is 2.41. The maximum Gasteiger partial charge on any atom is 0.339 e. The van der Waals surface area contributed by atoms with Gasteiger partial charge in [-0.1, -0.05) is 12.1 Å². The number of para-hydroxylation sites is 1. The summed E-state index contributed by atoms with van der Waals surface area (Å²) < 4.78 is 15.2. The van der Waals surface area contributed by atoms with Crippen LogP contribution >= 0.6 is 0 Å². The summed E-state index contributed by atoms with van der Waals surface area (Å²) in [6, 6.07) is 6.27. The van der Waals surface area contributed by atoms with Crippen LogP contribution in [0.1, 0.15) is 10.4 Å². The van der Waals surface area contributed by atoms with Crippen molar-refractivity contribution in [3.63, 3.8) is 0 Å². The Morgan fingerprint density at radius 2 is 2.00 bits per heavy atom. The fourth-order valence-corrected chi connectivity index (χ4v) is 1.36. The molecule has 0 amide bonds. The van der Waals surface area contributed by atoms with Crippen LogP contribution in [0.25, 0.3) is 0 Å². The molecule has 0 saturated carbocycles. The molecule has 0 spiro atoms. The first-order valence-corrected chi connectivity index (χ1v) is 5.85. The quantitative estimate of drug-likeness (QED) is 0.645. The van der Waals surface area contributed by atoms with Crippen LogP contribution in [0, 0.1) is 0 Å². The van der Waals surface area contributed by atoms with Gasteiger partial charge in [0.15, 0.2) is 0 Å². The lowest BCUT2D eigenvalue weighted by Gasteiger charge is -2.13. The highest BCUT2D eigenvalue weighted by Crippen LogP contribution is 2.17. The van der Waals surface area contributed by atoms with Crippen molar-refractivity contribution in [3.8, 4) is 5.75 Å². The Hall–Kier alpha value is -1.63. The van der Waals surface area contributed by atoms with Gasteiger partial charge in [-0.25, -0.2) is 4.79 Å². The molecule has 0 radical (unpaired) electrons. The van der Waals surface area contributed by atoms with E-state index >= 15 is 0 Å². The molecule has 1 aromatic rings. The summed E-state index contributed by atoms with van der Waals surface area (Å²) in [5.41, 5.74) is 0.0648. The molecule has 6 heteroatoms. The second-order valence-corrected chi connectivity index (χ2v) is 3.83. The van der Waals surface area contributed by atoms with Gasteiger partial charge in [-0.2, -0.15) is 0 Å². The smallest absolute Gasteiger partial charge is 0.339 e. The molecule has 19 heavy (non-hydrogen) atoms. The summed E-state index contributed by atoms with van der Waals surface area (Å²) in [6.07, 6.45) is -0.821. The number of rotatable bonds is 9. The molecule has 6 nitrogen and oxygen atoms in total. The van der Waals surface area contributed by atoms with Gasteiger partial charge in [0.05, 0.1) is 19.8 Å². The first-order valence-electron chi connectivity index (χ1n) is 5.85. The highest BCUT2D eigenvalue weighted by atomic mass is 16.5. The summed E-state index contributed by atoms with van der Waals surface area (Å²) in [7, 11) is 1.56. The van der Waals surface area contributed by atoms with Crippen LogP contribution in [0.15, 0.2) is 24.3 Å². The van der Waals surface area contributed by atoms with E-state index in [1.54, 1.807) is 25.3 Å². The number of carboxylic acid groups (broad SMARTS) is 1. The lowest BCUT2D eigenvalue weighted by Crippen LogP contribution is -2.24. The van der Waals surface area contributed by atoms with Crippen molar-refractivity contribution in [1.82, 2.24) is 0 Å². The van der Waals surface area contributed by atoms with Gasteiger partial charge in [-0.15, -0.1) is 0 Å². The summed E-state index contributed by atoms with van der Waals surface area (Å²) >= 11 is 0. The minimum Gasteiger partial charge on any atom is -0.490 e. The van der Waals surface area contributed by atoms with Crippen LogP contribution < -0.4 is 4.74 Å². The van der Waals surface area contributed by atoms with Crippen molar-refractivity contribution in [2.75, 3.05) is 33.5 Å². The highest BCUT2D eigenvalue weighted by molar-refractivity contribution is 5.90. The molecule has 1 aromatic carbocycles. The fourth-order valence-electron chi connectivity index (χ4n) is 1.36. The maximum absolute atomic E-state index is 10.9. The van der Waals surface area contributed by atoms with Crippen LogP contribution in [0.4, 0.5) is 0 Å². The predicted molar refractivity (Wildman–Crippen MR) is 67.6 cm³/mol. The molecule has 0 aromatic heterocycles. The lowest BCUT2D eigenvalue weighted by molar-refractivity contribution is -0.00438. The summed E-state index contributed by atoms with van der Waals surface area (Å²) in [6.45, 7) is 0.921. The van der Waals surface area contributed by atoms with E-state index in [2.05, 4.69) is 0 Å². The largest absolute Gasteiger partial charge is 0.490 e. The molecule has 1 atom stereocenters. The van der Waals surface area contributed by atoms with Gasteiger partial charge in [0, 0.05) is 7.11 Å². The second-order valence-electron chi connectivity index (χ2n) is 3.83. The average molecular weight is 270 g/mol. The number of aromatic carboxylic acids is 1. The number of carbonyl (C=O) groups is 1. The van der Waals surface area contributed by atoms with Crippen LogP contribution in [0.3, 0.4) is 0 Å². The van der Waals surface area contributed by atoms with Gasteiger partial charge in [0.1, 0.15) is 24.0 Å². The van der Waals surface area contributed by atoms with Crippen molar-refractivity contribution in [1.29, 1.82) is 0 Å². The number of hydrogen-bond acceptors (Lipinski definition) is 5. The van der Waals surface area contributed by atoms with Crippen molar-refractivity contribution in [2.24, 2.45) is 0 Å².